The van der Waals surface area contributed by atoms with Crippen LogP contribution in [0.1, 0.15) is 20.3 Å². The number of rotatable bonds is 6. The van der Waals surface area contributed by atoms with Gasteiger partial charge in [0.1, 0.15) is 0 Å². The lowest BCUT2D eigenvalue weighted by atomic mass is 9.95. The average Bonchev–Trinajstić information content (AvgIpc) is 2.44. The zero-order chi connectivity index (χ0) is 16.0. The minimum Gasteiger partial charge on any atom is -0.348 e. The van der Waals surface area contributed by atoms with Crippen molar-refractivity contribution >= 4 is 11.8 Å². The lowest BCUT2D eigenvalue weighted by molar-refractivity contribution is -0.138. The van der Waals surface area contributed by atoms with Crippen molar-refractivity contribution in [2.75, 3.05) is 53.4 Å². The SMILES string of the molecule is CC(C)CC(CN)C(=O)N1CCN(CC(=O)N(C)C)CC1. The van der Waals surface area contributed by atoms with E-state index < -0.39 is 0 Å². The van der Waals surface area contributed by atoms with Gasteiger partial charge in [0.05, 0.1) is 12.5 Å². The molecule has 0 aromatic heterocycles. The van der Waals surface area contributed by atoms with E-state index in [0.717, 1.165) is 19.5 Å². The third-order valence-electron chi connectivity index (χ3n) is 3.93. The molecule has 0 aromatic carbocycles. The maximum absolute atomic E-state index is 12.5. The predicted molar refractivity (Wildman–Crippen MR) is 83.7 cm³/mol. The molecular formula is C15H30N4O2. The normalized spacial score (nSPS) is 17.9. The molecule has 1 atom stereocenters. The van der Waals surface area contributed by atoms with E-state index in [0.29, 0.717) is 32.1 Å². The van der Waals surface area contributed by atoms with Crippen molar-refractivity contribution in [1.82, 2.24) is 14.7 Å². The van der Waals surface area contributed by atoms with Crippen LogP contribution in [0, 0.1) is 11.8 Å². The molecule has 1 saturated heterocycles. The standard InChI is InChI=1S/C15H30N4O2/c1-12(2)9-13(10-16)15(21)19-7-5-18(6-8-19)11-14(20)17(3)4/h12-13H,5-11,16H2,1-4H3. The molecule has 0 radical (unpaired) electrons. The van der Waals surface area contributed by atoms with Gasteiger partial charge >= 0.3 is 0 Å². The van der Waals surface area contributed by atoms with Crippen molar-refractivity contribution in [3.8, 4) is 0 Å². The van der Waals surface area contributed by atoms with Crippen molar-refractivity contribution in [3.63, 3.8) is 0 Å². The Bertz CT molecular complexity index is 350. The van der Waals surface area contributed by atoms with Crippen molar-refractivity contribution in [2.24, 2.45) is 17.6 Å². The van der Waals surface area contributed by atoms with Crippen LogP contribution in [0.2, 0.25) is 0 Å². The summed E-state index contributed by atoms with van der Waals surface area (Å²) in [5.74, 6) is 0.681. The first-order valence-corrected chi connectivity index (χ1v) is 7.76. The number of nitrogens with zero attached hydrogens (tertiary/aromatic N) is 3. The highest BCUT2D eigenvalue weighted by molar-refractivity contribution is 5.79. The van der Waals surface area contributed by atoms with Crippen molar-refractivity contribution in [3.05, 3.63) is 0 Å². The summed E-state index contributed by atoms with van der Waals surface area (Å²) < 4.78 is 0. The molecule has 2 N–H and O–H groups in total. The van der Waals surface area contributed by atoms with E-state index in [9.17, 15) is 9.59 Å². The molecule has 6 heteroatoms. The van der Waals surface area contributed by atoms with Gasteiger partial charge in [0.25, 0.3) is 0 Å². The van der Waals surface area contributed by atoms with Gasteiger partial charge in [0, 0.05) is 46.8 Å². The van der Waals surface area contributed by atoms with E-state index in [1.807, 2.05) is 4.90 Å². The predicted octanol–water partition coefficient (Wildman–Crippen LogP) is -0.160. The molecule has 1 aliphatic heterocycles. The Balaban J connectivity index is 2.44. The Morgan fingerprint density at radius 3 is 2.14 bits per heavy atom. The van der Waals surface area contributed by atoms with Crippen molar-refractivity contribution in [2.45, 2.75) is 20.3 Å². The number of hydrogen-bond acceptors (Lipinski definition) is 4. The van der Waals surface area contributed by atoms with Gasteiger partial charge in [0.15, 0.2) is 0 Å². The number of likely N-dealkylation sites (N-methyl/N-ethyl adjacent to an activating group) is 1. The topological polar surface area (TPSA) is 69.9 Å². The first-order chi connectivity index (χ1) is 9.85. The molecule has 1 heterocycles. The number of amides is 2. The molecule has 2 amide bonds. The quantitative estimate of drug-likeness (QED) is 0.740. The largest absolute Gasteiger partial charge is 0.348 e. The molecule has 0 spiro atoms. The molecule has 1 unspecified atom stereocenters. The number of carbonyl (C=O) groups excluding carboxylic acids is 2. The maximum atomic E-state index is 12.5. The molecule has 0 aromatic rings. The number of piperazine rings is 1. The summed E-state index contributed by atoms with van der Waals surface area (Å²) >= 11 is 0. The summed E-state index contributed by atoms with van der Waals surface area (Å²) in [6.45, 7) is 7.95. The van der Waals surface area contributed by atoms with Crippen LogP contribution in [-0.4, -0.2) is 79.9 Å². The van der Waals surface area contributed by atoms with Crippen LogP contribution in [0.15, 0.2) is 0 Å². The van der Waals surface area contributed by atoms with E-state index in [1.165, 1.54) is 0 Å². The van der Waals surface area contributed by atoms with Crippen LogP contribution in [0.4, 0.5) is 0 Å². The highest BCUT2D eigenvalue weighted by atomic mass is 16.2. The first-order valence-electron chi connectivity index (χ1n) is 7.76. The lowest BCUT2D eigenvalue weighted by Gasteiger charge is -2.36. The molecule has 122 valence electrons. The van der Waals surface area contributed by atoms with Crippen LogP contribution in [0.3, 0.4) is 0 Å². The van der Waals surface area contributed by atoms with Gasteiger partial charge in [-0.2, -0.15) is 0 Å². The molecule has 6 nitrogen and oxygen atoms in total. The van der Waals surface area contributed by atoms with Crippen molar-refractivity contribution < 1.29 is 9.59 Å². The Hall–Kier alpha value is -1.14. The molecule has 0 bridgehead atoms. The smallest absolute Gasteiger partial charge is 0.236 e. The second-order valence-electron chi connectivity index (χ2n) is 6.45. The third-order valence-corrected chi connectivity index (χ3v) is 3.93. The second kappa shape index (κ2) is 8.34. The van der Waals surface area contributed by atoms with Gasteiger partial charge in [-0.25, -0.2) is 0 Å². The molecule has 1 rings (SSSR count). The second-order valence-corrected chi connectivity index (χ2v) is 6.45. The zero-order valence-electron chi connectivity index (χ0n) is 13.8. The number of nitrogens with two attached hydrogens (primary N) is 1. The fourth-order valence-electron chi connectivity index (χ4n) is 2.58. The summed E-state index contributed by atoms with van der Waals surface area (Å²) in [5, 5.41) is 0. The van der Waals surface area contributed by atoms with Gasteiger partial charge in [-0.3, -0.25) is 14.5 Å². The van der Waals surface area contributed by atoms with E-state index in [2.05, 4.69) is 18.7 Å². The molecule has 1 aliphatic rings. The number of carbonyl (C=O) groups is 2. The fraction of sp³-hybridized carbons (Fsp3) is 0.867. The maximum Gasteiger partial charge on any atom is 0.236 e. The van der Waals surface area contributed by atoms with Gasteiger partial charge in [-0.15, -0.1) is 0 Å². The highest BCUT2D eigenvalue weighted by Crippen LogP contribution is 2.15. The van der Waals surface area contributed by atoms with E-state index in [-0.39, 0.29) is 17.7 Å². The summed E-state index contributed by atoms with van der Waals surface area (Å²) in [6.07, 6.45) is 0.842. The van der Waals surface area contributed by atoms with E-state index >= 15 is 0 Å². The monoisotopic (exact) mass is 298 g/mol. The Morgan fingerprint density at radius 2 is 1.71 bits per heavy atom. The zero-order valence-corrected chi connectivity index (χ0v) is 13.8. The van der Waals surface area contributed by atoms with Gasteiger partial charge in [0.2, 0.25) is 11.8 Å². The van der Waals surface area contributed by atoms with Crippen LogP contribution >= 0.6 is 0 Å². The van der Waals surface area contributed by atoms with E-state index in [4.69, 9.17) is 5.73 Å². The Kier molecular flexibility index (Phi) is 7.11. The summed E-state index contributed by atoms with van der Waals surface area (Å²) in [5.41, 5.74) is 5.75. The third kappa shape index (κ3) is 5.63. The van der Waals surface area contributed by atoms with Crippen LogP contribution in [0.25, 0.3) is 0 Å². The summed E-state index contributed by atoms with van der Waals surface area (Å²) in [4.78, 5) is 29.7. The highest BCUT2D eigenvalue weighted by Gasteiger charge is 2.27. The number of hydrogen-bond donors (Lipinski definition) is 1. The Morgan fingerprint density at radius 1 is 1.14 bits per heavy atom. The van der Waals surface area contributed by atoms with Gasteiger partial charge in [-0.05, 0) is 12.3 Å². The minimum absolute atomic E-state index is 0.0695. The molecular weight excluding hydrogens is 268 g/mol. The lowest BCUT2D eigenvalue weighted by Crippen LogP contribution is -2.53. The van der Waals surface area contributed by atoms with Gasteiger partial charge in [-0.1, -0.05) is 13.8 Å². The summed E-state index contributed by atoms with van der Waals surface area (Å²) in [6, 6.07) is 0. The fourth-order valence-corrected chi connectivity index (χ4v) is 2.58. The Labute approximate surface area is 128 Å². The van der Waals surface area contributed by atoms with Crippen LogP contribution < -0.4 is 5.73 Å². The average molecular weight is 298 g/mol. The van der Waals surface area contributed by atoms with E-state index in [1.54, 1.807) is 19.0 Å². The van der Waals surface area contributed by atoms with Crippen LogP contribution in [0.5, 0.6) is 0 Å². The first kappa shape index (κ1) is 17.9. The van der Waals surface area contributed by atoms with Gasteiger partial charge < -0.3 is 15.5 Å². The molecule has 1 fully saturated rings. The summed E-state index contributed by atoms with van der Waals surface area (Å²) in [7, 11) is 3.53. The van der Waals surface area contributed by atoms with Crippen LogP contribution in [-0.2, 0) is 9.59 Å². The minimum atomic E-state index is -0.0695. The van der Waals surface area contributed by atoms with Crippen molar-refractivity contribution in [1.29, 1.82) is 0 Å². The molecule has 0 saturated carbocycles. The molecule has 0 aliphatic carbocycles. The molecule has 21 heavy (non-hydrogen) atoms.